The van der Waals surface area contributed by atoms with Crippen molar-refractivity contribution in [2.24, 2.45) is 11.8 Å². The largest absolute Gasteiger partial charge is 0.348 e. The van der Waals surface area contributed by atoms with Gasteiger partial charge in [-0.05, 0) is 62.0 Å². The molecule has 1 aromatic rings. The lowest BCUT2D eigenvalue weighted by molar-refractivity contribution is -0.125. The van der Waals surface area contributed by atoms with Crippen LogP contribution < -0.4 is 5.32 Å². The van der Waals surface area contributed by atoms with E-state index in [1.54, 1.807) is 12.1 Å². The van der Waals surface area contributed by atoms with Gasteiger partial charge >= 0.3 is 0 Å². The average Bonchev–Trinajstić information content (AvgIpc) is 2.99. The molecule has 27 heavy (non-hydrogen) atoms. The van der Waals surface area contributed by atoms with Gasteiger partial charge < -0.3 is 15.1 Å². The Kier molecular flexibility index (Phi) is 5.86. The van der Waals surface area contributed by atoms with E-state index >= 15 is 0 Å². The molecule has 1 aromatic carbocycles. The number of rotatable bonds is 4. The van der Waals surface area contributed by atoms with Crippen molar-refractivity contribution in [3.8, 4) is 0 Å². The van der Waals surface area contributed by atoms with Crippen LogP contribution in [-0.4, -0.2) is 76.1 Å². The molecular formula is C19H27N3O4S. The van der Waals surface area contributed by atoms with E-state index in [-0.39, 0.29) is 10.8 Å². The Bertz CT molecular complexity index is 791. The molecule has 0 unspecified atom stereocenters. The summed E-state index contributed by atoms with van der Waals surface area (Å²) >= 11 is 0. The summed E-state index contributed by atoms with van der Waals surface area (Å²) in [5, 5.41) is 3.42. The van der Waals surface area contributed by atoms with E-state index in [4.69, 9.17) is 0 Å². The summed E-state index contributed by atoms with van der Waals surface area (Å²) in [5.41, 5.74) is 0.484. The SMILES string of the molecule is CN(C)C(=O)CS(=O)(=O)c1ccc(C(=O)N2CC[C@@H]3CNC[C@@H]3CC2)cc1. The van der Waals surface area contributed by atoms with Crippen molar-refractivity contribution in [3.05, 3.63) is 29.8 Å². The number of fused-ring (bicyclic) bond motifs is 1. The Hall–Kier alpha value is -1.93. The number of amides is 2. The van der Waals surface area contributed by atoms with Crippen LogP contribution in [0.15, 0.2) is 29.2 Å². The summed E-state index contributed by atoms with van der Waals surface area (Å²) in [6, 6.07) is 5.93. The third-order valence-corrected chi connectivity index (χ3v) is 7.20. The summed E-state index contributed by atoms with van der Waals surface area (Å²) < 4.78 is 24.7. The smallest absolute Gasteiger partial charge is 0.253 e. The molecule has 0 aromatic heterocycles. The van der Waals surface area contributed by atoms with Crippen molar-refractivity contribution in [2.75, 3.05) is 46.0 Å². The number of likely N-dealkylation sites (tertiary alicyclic amines) is 1. The van der Waals surface area contributed by atoms with Crippen molar-refractivity contribution in [3.63, 3.8) is 0 Å². The highest BCUT2D eigenvalue weighted by atomic mass is 32.2. The van der Waals surface area contributed by atoms with Gasteiger partial charge in [0.2, 0.25) is 5.91 Å². The lowest BCUT2D eigenvalue weighted by Gasteiger charge is -2.21. The molecule has 2 atom stereocenters. The van der Waals surface area contributed by atoms with E-state index in [0.717, 1.165) is 39.0 Å². The van der Waals surface area contributed by atoms with Crippen molar-refractivity contribution < 1.29 is 18.0 Å². The molecule has 2 aliphatic rings. The number of benzene rings is 1. The molecule has 0 radical (unpaired) electrons. The van der Waals surface area contributed by atoms with Crippen LogP contribution in [0, 0.1) is 11.8 Å². The van der Waals surface area contributed by atoms with Gasteiger partial charge in [-0.15, -0.1) is 0 Å². The second-order valence-electron chi connectivity index (χ2n) is 7.62. The van der Waals surface area contributed by atoms with Gasteiger partial charge in [-0.1, -0.05) is 0 Å². The maximum Gasteiger partial charge on any atom is 0.253 e. The first-order valence-electron chi connectivity index (χ1n) is 9.31. The van der Waals surface area contributed by atoms with E-state index in [0.29, 0.717) is 17.4 Å². The number of carbonyl (C=O) groups is 2. The Balaban J connectivity index is 1.67. The normalized spacial score (nSPS) is 22.8. The highest BCUT2D eigenvalue weighted by molar-refractivity contribution is 7.92. The van der Waals surface area contributed by atoms with E-state index < -0.39 is 21.5 Å². The molecule has 3 rings (SSSR count). The summed E-state index contributed by atoms with van der Waals surface area (Å²) in [6.45, 7) is 3.54. The summed E-state index contributed by atoms with van der Waals surface area (Å²) in [5.74, 6) is 0.182. The first-order valence-corrected chi connectivity index (χ1v) is 11.0. The number of hydrogen-bond acceptors (Lipinski definition) is 5. The van der Waals surface area contributed by atoms with E-state index in [1.807, 2.05) is 4.90 Å². The zero-order chi connectivity index (χ0) is 19.6. The standard InChI is InChI=1S/C19H27N3O4S/c1-21(2)18(23)13-27(25,26)17-5-3-14(4-6-17)19(24)22-9-7-15-11-20-12-16(15)8-10-22/h3-6,15-16,20H,7-13H2,1-2H3/t15-,16+. The van der Waals surface area contributed by atoms with Gasteiger partial charge in [0.15, 0.2) is 9.84 Å². The number of hydrogen-bond donors (Lipinski definition) is 1. The molecule has 0 bridgehead atoms. The highest BCUT2D eigenvalue weighted by Gasteiger charge is 2.31. The molecule has 2 amide bonds. The van der Waals surface area contributed by atoms with Gasteiger partial charge in [0.25, 0.3) is 5.91 Å². The summed E-state index contributed by atoms with van der Waals surface area (Å²) in [6.07, 6.45) is 2.00. The minimum atomic E-state index is -3.71. The molecule has 7 nitrogen and oxygen atoms in total. The quantitative estimate of drug-likeness (QED) is 0.810. The van der Waals surface area contributed by atoms with Gasteiger partial charge in [0.1, 0.15) is 5.75 Å². The highest BCUT2D eigenvalue weighted by Crippen LogP contribution is 2.27. The Morgan fingerprint density at radius 3 is 2.15 bits per heavy atom. The minimum absolute atomic E-state index is 0.0590. The lowest BCUT2D eigenvalue weighted by Crippen LogP contribution is -2.32. The van der Waals surface area contributed by atoms with Crippen LogP contribution in [0.2, 0.25) is 0 Å². The molecule has 0 aliphatic carbocycles. The first-order chi connectivity index (χ1) is 12.8. The van der Waals surface area contributed by atoms with Crippen molar-refractivity contribution in [1.29, 1.82) is 0 Å². The molecular weight excluding hydrogens is 366 g/mol. The molecule has 2 aliphatic heterocycles. The van der Waals surface area contributed by atoms with Crippen molar-refractivity contribution in [2.45, 2.75) is 17.7 Å². The predicted molar refractivity (Wildman–Crippen MR) is 102 cm³/mol. The van der Waals surface area contributed by atoms with Crippen LogP contribution in [-0.2, 0) is 14.6 Å². The zero-order valence-electron chi connectivity index (χ0n) is 15.8. The Morgan fingerprint density at radius 2 is 1.63 bits per heavy atom. The third-order valence-electron chi connectivity index (χ3n) is 5.58. The molecule has 1 N–H and O–H groups in total. The van der Waals surface area contributed by atoms with Gasteiger partial charge in [0, 0.05) is 32.7 Å². The fraction of sp³-hybridized carbons (Fsp3) is 0.579. The van der Waals surface area contributed by atoms with Crippen LogP contribution in [0.5, 0.6) is 0 Å². The average molecular weight is 394 g/mol. The topological polar surface area (TPSA) is 86.8 Å². The molecule has 2 fully saturated rings. The maximum absolute atomic E-state index is 12.8. The van der Waals surface area contributed by atoms with Crippen LogP contribution in [0.3, 0.4) is 0 Å². The fourth-order valence-corrected chi connectivity index (χ4v) is 5.08. The number of nitrogens with zero attached hydrogens (tertiary/aromatic N) is 2. The van der Waals surface area contributed by atoms with Gasteiger partial charge in [-0.3, -0.25) is 9.59 Å². The molecule has 2 heterocycles. The van der Waals surface area contributed by atoms with Crippen LogP contribution in [0.25, 0.3) is 0 Å². The van der Waals surface area contributed by atoms with Crippen molar-refractivity contribution in [1.82, 2.24) is 15.1 Å². The van der Waals surface area contributed by atoms with E-state index in [2.05, 4.69) is 5.32 Å². The first kappa shape index (κ1) is 19.8. The van der Waals surface area contributed by atoms with Gasteiger partial charge in [0.05, 0.1) is 4.90 Å². The molecule has 148 valence electrons. The monoisotopic (exact) mass is 393 g/mol. The van der Waals surface area contributed by atoms with Crippen LogP contribution in [0.1, 0.15) is 23.2 Å². The molecule has 0 spiro atoms. The minimum Gasteiger partial charge on any atom is -0.348 e. The van der Waals surface area contributed by atoms with Crippen LogP contribution >= 0.6 is 0 Å². The van der Waals surface area contributed by atoms with Gasteiger partial charge in [-0.2, -0.15) is 0 Å². The molecule has 0 saturated carbocycles. The van der Waals surface area contributed by atoms with Crippen LogP contribution in [0.4, 0.5) is 0 Å². The number of carbonyl (C=O) groups excluding carboxylic acids is 2. The number of sulfone groups is 1. The van der Waals surface area contributed by atoms with E-state index in [1.165, 1.54) is 31.1 Å². The van der Waals surface area contributed by atoms with E-state index in [9.17, 15) is 18.0 Å². The second-order valence-corrected chi connectivity index (χ2v) is 9.61. The third kappa shape index (κ3) is 4.50. The fourth-order valence-electron chi connectivity index (χ4n) is 3.78. The Morgan fingerprint density at radius 1 is 1.07 bits per heavy atom. The Labute approximate surface area is 160 Å². The zero-order valence-corrected chi connectivity index (χ0v) is 16.7. The molecule has 2 saturated heterocycles. The summed E-state index contributed by atoms with van der Waals surface area (Å²) in [4.78, 5) is 27.7. The lowest BCUT2D eigenvalue weighted by atomic mass is 9.92. The second kappa shape index (κ2) is 7.98. The van der Waals surface area contributed by atoms with Crippen molar-refractivity contribution >= 4 is 21.7 Å². The predicted octanol–water partition coefficient (Wildman–Crippen LogP) is 0.620. The summed E-state index contributed by atoms with van der Waals surface area (Å²) in [7, 11) is -0.673. The van der Waals surface area contributed by atoms with Gasteiger partial charge in [-0.25, -0.2) is 8.42 Å². The molecule has 8 heteroatoms. The number of nitrogens with one attached hydrogen (secondary N) is 1. The maximum atomic E-state index is 12.8.